The molecule has 0 amide bonds. The Morgan fingerprint density at radius 1 is 1.25 bits per heavy atom. The highest BCUT2D eigenvalue weighted by molar-refractivity contribution is 8.13. The molecule has 0 aliphatic carbocycles. The van der Waals surface area contributed by atoms with Crippen LogP contribution in [0.5, 0.6) is 0 Å². The number of allylic oxidation sites excluding steroid dienone is 3. The third-order valence-electron chi connectivity index (χ3n) is 6.36. The monoisotopic (exact) mass is 574 g/mol. The number of nitrogens with zero attached hydrogens (tertiary/aromatic N) is 4. The number of hydrogen-bond acceptors (Lipinski definition) is 8. The van der Waals surface area contributed by atoms with Gasteiger partial charge in [0.15, 0.2) is 5.12 Å². The first-order valence-electron chi connectivity index (χ1n) is 12.5. The summed E-state index contributed by atoms with van der Waals surface area (Å²) in [6.45, 7) is 6.85. The second kappa shape index (κ2) is 14.6. The van der Waals surface area contributed by atoms with Crippen molar-refractivity contribution in [2.24, 2.45) is 5.92 Å². The second-order valence-corrected chi connectivity index (χ2v) is 9.84. The Bertz CT molecular complexity index is 1260. The van der Waals surface area contributed by atoms with Crippen LogP contribution in [0.3, 0.4) is 0 Å². The first kappa shape index (κ1) is 30.8. The Balaban J connectivity index is 1.63. The van der Waals surface area contributed by atoms with Gasteiger partial charge in [-0.3, -0.25) is 10.1 Å². The molecule has 1 atom stereocenters. The zero-order valence-electron chi connectivity index (χ0n) is 21.9. The van der Waals surface area contributed by atoms with Crippen molar-refractivity contribution in [3.8, 4) is 17.3 Å². The average Bonchev–Trinajstić information content (AvgIpc) is 2.95. The van der Waals surface area contributed by atoms with Crippen molar-refractivity contribution in [1.82, 2.24) is 20.2 Å². The number of anilines is 1. The van der Waals surface area contributed by atoms with E-state index in [2.05, 4.69) is 32.1 Å². The zero-order chi connectivity index (χ0) is 29.1. The van der Waals surface area contributed by atoms with Crippen LogP contribution >= 0.6 is 11.8 Å². The van der Waals surface area contributed by atoms with E-state index in [1.54, 1.807) is 30.5 Å². The molecule has 12 heteroatoms. The molecule has 1 aliphatic rings. The molecule has 7 nitrogen and oxygen atoms in total. The summed E-state index contributed by atoms with van der Waals surface area (Å²) in [5.41, 5.74) is 2.60. The van der Waals surface area contributed by atoms with Crippen molar-refractivity contribution >= 4 is 22.8 Å². The molecule has 1 unspecified atom stereocenters. The molecule has 0 spiro atoms. The summed E-state index contributed by atoms with van der Waals surface area (Å²) >= 11 is 0.729. The summed E-state index contributed by atoms with van der Waals surface area (Å²) in [6.07, 6.45) is 3.82. The lowest BCUT2D eigenvalue weighted by atomic mass is 9.98. The number of nitriles is 1. The summed E-state index contributed by atoms with van der Waals surface area (Å²) < 4.78 is 52.6. The van der Waals surface area contributed by atoms with Gasteiger partial charge in [-0.05, 0) is 43.5 Å². The number of hydrogen-bond donors (Lipinski definition) is 2. The number of aromatic nitrogens is 2. The SMILES string of the molecule is C=C(/C=C\C(=C/C)Nc1nccc(-c2ccc(C(NCC#N)C(F)(F)F)cc2)n1)N1CCC(C(=O)SCF)CC1. The molecule has 1 aromatic carbocycles. The minimum absolute atomic E-state index is 0.00468. The second-order valence-electron chi connectivity index (χ2n) is 8.93. The summed E-state index contributed by atoms with van der Waals surface area (Å²) in [5, 5.41) is 13.9. The molecular weight excluding hydrogens is 544 g/mol. The Morgan fingerprint density at radius 3 is 2.55 bits per heavy atom. The molecule has 1 aliphatic heterocycles. The Hall–Kier alpha value is -3.69. The van der Waals surface area contributed by atoms with Crippen molar-refractivity contribution in [2.75, 3.05) is 31.0 Å². The maximum atomic E-state index is 13.4. The van der Waals surface area contributed by atoms with Crippen LogP contribution in [0.1, 0.15) is 31.4 Å². The van der Waals surface area contributed by atoms with Crippen LogP contribution in [0, 0.1) is 17.2 Å². The van der Waals surface area contributed by atoms with Crippen molar-refractivity contribution in [2.45, 2.75) is 32.0 Å². The minimum Gasteiger partial charge on any atom is -0.372 e. The number of rotatable bonds is 11. The van der Waals surface area contributed by atoms with Crippen LogP contribution < -0.4 is 10.6 Å². The minimum atomic E-state index is -4.54. The van der Waals surface area contributed by atoms with Gasteiger partial charge in [0.05, 0.1) is 18.3 Å². The van der Waals surface area contributed by atoms with Gasteiger partial charge < -0.3 is 10.2 Å². The summed E-state index contributed by atoms with van der Waals surface area (Å²) in [6, 6.07) is 6.49. The molecule has 0 radical (unpaired) electrons. The van der Waals surface area contributed by atoms with E-state index in [1.807, 2.05) is 25.2 Å². The van der Waals surface area contributed by atoms with Crippen molar-refractivity contribution < 1.29 is 22.4 Å². The van der Waals surface area contributed by atoms with Crippen LogP contribution in [0.2, 0.25) is 0 Å². The van der Waals surface area contributed by atoms with Gasteiger partial charge in [-0.2, -0.15) is 18.4 Å². The lowest BCUT2D eigenvalue weighted by Gasteiger charge is -2.33. The molecule has 0 saturated carbocycles. The third kappa shape index (κ3) is 8.66. The van der Waals surface area contributed by atoms with E-state index in [1.165, 1.54) is 12.1 Å². The fourth-order valence-electron chi connectivity index (χ4n) is 4.20. The zero-order valence-corrected chi connectivity index (χ0v) is 22.7. The van der Waals surface area contributed by atoms with E-state index in [4.69, 9.17) is 5.26 Å². The molecule has 2 heterocycles. The van der Waals surface area contributed by atoms with Gasteiger partial charge in [-0.25, -0.2) is 14.4 Å². The van der Waals surface area contributed by atoms with E-state index < -0.39 is 24.8 Å². The number of alkyl halides is 4. The number of nitrogens with one attached hydrogen (secondary N) is 2. The first-order valence-corrected chi connectivity index (χ1v) is 13.5. The molecule has 212 valence electrons. The summed E-state index contributed by atoms with van der Waals surface area (Å²) in [4.78, 5) is 22.7. The van der Waals surface area contributed by atoms with E-state index in [-0.39, 0.29) is 16.6 Å². The fourth-order valence-corrected chi connectivity index (χ4v) is 4.78. The number of benzene rings is 1. The van der Waals surface area contributed by atoms with Crippen molar-refractivity contribution in [3.63, 3.8) is 0 Å². The van der Waals surface area contributed by atoms with E-state index >= 15 is 0 Å². The van der Waals surface area contributed by atoms with Gasteiger partial charge in [0.25, 0.3) is 0 Å². The Labute approximate surface area is 235 Å². The Morgan fingerprint density at radius 2 is 1.95 bits per heavy atom. The van der Waals surface area contributed by atoms with Crippen LogP contribution in [-0.2, 0) is 4.79 Å². The first-order chi connectivity index (χ1) is 19.2. The van der Waals surface area contributed by atoms with Gasteiger partial charge in [-0.15, -0.1) is 0 Å². The number of piperidine rings is 1. The summed E-state index contributed by atoms with van der Waals surface area (Å²) in [5.74, 6) is 0.173. The fraction of sp³-hybridized carbons (Fsp3) is 0.357. The third-order valence-corrected chi connectivity index (χ3v) is 7.09. The molecule has 1 fully saturated rings. The molecule has 1 saturated heterocycles. The number of halogens is 4. The largest absolute Gasteiger partial charge is 0.407 e. The average molecular weight is 575 g/mol. The lowest BCUT2D eigenvalue weighted by molar-refractivity contribution is -0.157. The quantitative estimate of drug-likeness (QED) is 0.188. The molecule has 40 heavy (non-hydrogen) atoms. The number of carbonyl (C=O) groups excluding carboxylic acids is 1. The molecule has 1 aromatic heterocycles. The van der Waals surface area contributed by atoms with Gasteiger partial charge in [-0.1, -0.05) is 48.7 Å². The summed E-state index contributed by atoms with van der Waals surface area (Å²) in [7, 11) is 0. The molecule has 2 aromatic rings. The maximum absolute atomic E-state index is 13.4. The smallest absolute Gasteiger partial charge is 0.372 e. The number of thioether (sulfide) groups is 1. The van der Waals surface area contributed by atoms with Gasteiger partial charge in [0.1, 0.15) is 12.0 Å². The molecule has 3 rings (SSSR count). The van der Waals surface area contributed by atoms with Gasteiger partial charge in [0.2, 0.25) is 5.95 Å². The van der Waals surface area contributed by atoms with Crippen molar-refractivity contribution in [1.29, 1.82) is 5.26 Å². The predicted molar refractivity (Wildman–Crippen MR) is 148 cm³/mol. The standard InChI is InChI=1S/C28H30F4N6OS/c1-3-23(9-4-19(2)38-16-11-22(12-17-38)26(39)40-18-29)36-27-35-14-10-24(37-27)20-5-7-21(8-6-20)25(28(30,31)32)34-15-13-33/h3-10,14,22,25,34H,2,11-12,15-18H2,1H3,(H,35,36,37)/b9-4-,23-3+. The van der Waals surface area contributed by atoms with Gasteiger partial charge in [0, 0.05) is 42.2 Å². The topological polar surface area (TPSA) is 93.9 Å². The Kier molecular flexibility index (Phi) is 11.3. The molecule has 0 bridgehead atoms. The van der Waals surface area contributed by atoms with Crippen LogP contribution in [0.25, 0.3) is 11.3 Å². The normalized spacial score (nSPS) is 15.6. The van der Waals surface area contributed by atoms with Crippen molar-refractivity contribution in [3.05, 3.63) is 78.3 Å². The van der Waals surface area contributed by atoms with Crippen LogP contribution in [0.4, 0.5) is 23.5 Å². The lowest BCUT2D eigenvalue weighted by Crippen LogP contribution is -2.34. The van der Waals surface area contributed by atoms with Gasteiger partial charge >= 0.3 is 6.18 Å². The molecule has 2 N–H and O–H groups in total. The highest BCUT2D eigenvalue weighted by Crippen LogP contribution is 2.33. The van der Waals surface area contributed by atoms with E-state index in [9.17, 15) is 22.4 Å². The maximum Gasteiger partial charge on any atom is 0.407 e. The van der Waals surface area contributed by atoms with E-state index in [0.717, 1.165) is 17.5 Å². The van der Waals surface area contributed by atoms with E-state index in [0.29, 0.717) is 48.8 Å². The number of likely N-dealkylation sites (tertiary alicyclic amines) is 1. The van der Waals surface area contributed by atoms with Crippen LogP contribution in [-0.4, -0.2) is 51.8 Å². The predicted octanol–water partition coefficient (Wildman–Crippen LogP) is 6.14. The van der Waals surface area contributed by atoms with Crippen LogP contribution in [0.15, 0.2) is 72.7 Å². The molecular formula is C28H30F4N6OS. The highest BCUT2D eigenvalue weighted by Gasteiger charge is 2.40. The number of carbonyl (C=O) groups is 1. The highest BCUT2D eigenvalue weighted by atomic mass is 32.2.